The summed E-state index contributed by atoms with van der Waals surface area (Å²) in [5, 5.41) is 12.5. The van der Waals surface area contributed by atoms with E-state index in [9.17, 15) is 0 Å². The third-order valence-electron chi connectivity index (χ3n) is 9.71. The van der Waals surface area contributed by atoms with Crippen molar-refractivity contribution in [1.82, 2.24) is 24.7 Å². The van der Waals surface area contributed by atoms with Crippen molar-refractivity contribution in [2.45, 2.75) is 0 Å². The topological polar surface area (TPSA) is 82.8 Å². The van der Waals surface area contributed by atoms with Gasteiger partial charge in [0.15, 0.2) is 17.5 Å². The second-order valence-electron chi connectivity index (χ2n) is 12.6. The Labute approximate surface area is 290 Å². The van der Waals surface area contributed by atoms with Crippen LogP contribution in [-0.4, -0.2) is 24.7 Å². The van der Waals surface area contributed by atoms with E-state index in [4.69, 9.17) is 28.9 Å². The molecule has 0 radical (unpaired) electrons. The van der Waals surface area contributed by atoms with Crippen LogP contribution in [0.1, 0.15) is 0 Å². The fraction of sp³-hybridized carbons (Fsp3) is 0. The lowest BCUT2D eigenvalue weighted by molar-refractivity contribution is 0.669. The molecule has 0 atom stereocenters. The van der Waals surface area contributed by atoms with Gasteiger partial charge < -0.3 is 8.83 Å². The maximum Gasteiger partial charge on any atom is 0.184 e. The van der Waals surface area contributed by atoms with E-state index in [0.717, 1.165) is 82.4 Å². The second-order valence-corrected chi connectivity index (χ2v) is 12.6. The minimum Gasteiger partial charge on any atom is -0.455 e. The quantitative estimate of drug-likeness (QED) is 0.188. The monoisotopic (exact) mass is 655 g/mol. The number of hydrogen-bond acceptors (Lipinski definition) is 6. The molecule has 11 rings (SSSR count). The molecule has 51 heavy (non-hydrogen) atoms. The van der Waals surface area contributed by atoms with Gasteiger partial charge in [0, 0.05) is 32.3 Å². The molecule has 7 nitrogen and oxygen atoms in total. The summed E-state index contributed by atoms with van der Waals surface area (Å²) in [5.41, 5.74) is 7.16. The average molecular weight is 656 g/mol. The van der Waals surface area contributed by atoms with Crippen LogP contribution >= 0.6 is 0 Å². The van der Waals surface area contributed by atoms with E-state index in [0.29, 0.717) is 23.2 Å². The molecular formula is C44H25N5O2. The largest absolute Gasteiger partial charge is 0.455 e. The molecule has 7 heteroatoms. The number of rotatable bonds is 4. The molecule has 0 aliphatic heterocycles. The summed E-state index contributed by atoms with van der Waals surface area (Å²) in [5.74, 6) is 1.41. The minimum atomic E-state index is 0.450. The maximum atomic E-state index is 6.48. The number of para-hydroxylation sites is 5. The minimum absolute atomic E-state index is 0.450. The van der Waals surface area contributed by atoms with Crippen molar-refractivity contribution in [2.24, 2.45) is 0 Å². The molecule has 0 unspecified atom stereocenters. The lowest BCUT2D eigenvalue weighted by Gasteiger charge is -2.08. The number of benzene rings is 7. The molecule has 7 aromatic carbocycles. The first kappa shape index (κ1) is 27.8. The zero-order chi connectivity index (χ0) is 33.5. The first-order valence-electron chi connectivity index (χ1n) is 16.8. The van der Waals surface area contributed by atoms with Crippen molar-refractivity contribution in [1.29, 1.82) is 0 Å². The Morgan fingerprint density at radius 2 is 0.922 bits per heavy atom. The van der Waals surface area contributed by atoms with Crippen LogP contribution < -0.4 is 0 Å². The van der Waals surface area contributed by atoms with Gasteiger partial charge in [0.25, 0.3) is 0 Å². The standard InChI is InChI=1S/C44H25N5O2/c1-2-13-27(14-3-1)49-39-28-15-5-4-12-26(28)24-25-33(39)38(48-49)44-46-42(34-20-10-18-31-29-16-6-8-22-36(29)50-40(31)34)45-43(47-44)35-21-11-19-32-30-17-7-9-23-37(30)51-41(32)35/h1-25H. The van der Waals surface area contributed by atoms with E-state index in [-0.39, 0.29) is 0 Å². The predicted molar refractivity (Wildman–Crippen MR) is 203 cm³/mol. The van der Waals surface area contributed by atoms with Crippen LogP contribution in [0.4, 0.5) is 0 Å². The van der Waals surface area contributed by atoms with E-state index >= 15 is 0 Å². The Morgan fingerprint density at radius 1 is 0.392 bits per heavy atom. The van der Waals surface area contributed by atoms with Crippen molar-refractivity contribution in [3.63, 3.8) is 0 Å². The van der Waals surface area contributed by atoms with Gasteiger partial charge >= 0.3 is 0 Å². The lowest BCUT2D eigenvalue weighted by atomic mass is 10.1. The summed E-state index contributed by atoms with van der Waals surface area (Å²) < 4.78 is 15.0. The fourth-order valence-electron chi connectivity index (χ4n) is 7.37. The number of aromatic nitrogens is 5. The zero-order valence-corrected chi connectivity index (χ0v) is 27.0. The highest BCUT2D eigenvalue weighted by Gasteiger charge is 2.24. The Hall–Kier alpha value is -7.12. The molecule has 4 aromatic heterocycles. The van der Waals surface area contributed by atoms with E-state index in [1.807, 2.05) is 83.5 Å². The van der Waals surface area contributed by atoms with Gasteiger partial charge in [-0.05, 0) is 47.9 Å². The van der Waals surface area contributed by atoms with Gasteiger partial charge in [-0.1, -0.05) is 109 Å². The Kier molecular flexibility index (Phi) is 5.83. The first-order chi connectivity index (χ1) is 25.3. The summed E-state index contributed by atoms with van der Waals surface area (Å²) in [6.45, 7) is 0. The predicted octanol–water partition coefficient (Wildman–Crippen LogP) is 11.2. The van der Waals surface area contributed by atoms with Crippen LogP contribution in [0.25, 0.3) is 106 Å². The smallest absolute Gasteiger partial charge is 0.184 e. The van der Waals surface area contributed by atoms with Crippen LogP contribution in [0, 0.1) is 0 Å². The van der Waals surface area contributed by atoms with Crippen molar-refractivity contribution < 1.29 is 8.83 Å². The van der Waals surface area contributed by atoms with Crippen LogP contribution in [0.3, 0.4) is 0 Å². The van der Waals surface area contributed by atoms with E-state index < -0.39 is 0 Å². The van der Waals surface area contributed by atoms with Gasteiger partial charge in [-0.25, -0.2) is 19.6 Å². The van der Waals surface area contributed by atoms with E-state index in [2.05, 4.69) is 72.8 Å². The molecule has 0 aliphatic carbocycles. The average Bonchev–Trinajstić information content (AvgIpc) is 3.90. The van der Waals surface area contributed by atoms with Gasteiger partial charge in [-0.3, -0.25) is 0 Å². The molecule has 11 aromatic rings. The summed E-state index contributed by atoms with van der Waals surface area (Å²) >= 11 is 0. The van der Waals surface area contributed by atoms with Gasteiger partial charge in [0.2, 0.25) is 0 Å². The second kappa shape index (κ2) is 10.7. The summed E-state index contributed by atoms with van der Waals surface area (Å²) in [4.78, 5) is 15.5. The molecule has 4 heterocycles. The Morgan fingerprint density at radius 3 is 1.57 bits per heavy atom. The molecule has 0 N–H and O–H groups in total. The lowest BCUT2D eigenvalue weighted by Crippen LogP contribution is -2.02. The molecule has 238 valence electrons. The Bertz CT molecular complexity index is 3020. The number of nitrogens with zero attached hydrogens (tertiary/aromatic N) is 5. The molecule has 0 bridgehead atoms. The van der Waals surface area contributed by atoms with Gasteiger partial charge in [-0.2, -0.15) is 5.10 Å². The van der Waals surface area contributed by atoms with Gasteiger partial charge in [0.1, 0.15) is 28.0 Å². The number of hydrogen-bond donors (Lipinski definition) is 0. The van der Waals surface area contributed by atoms with Crippen LogP contribution in [0.5, 0.6) is 0 Å². The van der Waals surface area contributed by atoms with Crippen LogP contribution in [-0.2, 0) is 0 Å². The highest BCUT2D eigenvalue weighted by Crippen LogP contribution is 2.40. The third-order valence-corrected chi connectivity index (χ3v) is 9.71. The van der Waals surface area contributed by atoms with Crippen molar-refractivity contribution in [2.75, 3.05) is 0 Å². The molecule has 0 saturated carbocycles. The van der Waals surface area contributed by atoms with Gasteiger partial charge in [0.05, 0.1) is 22.3 Å². The highest BCUT2D eigenvalue weighted by atomic mass is 16.3. The number of fused-ring (bicyclic) bond motifs is 9. The highest BCUT2D eigenvalue weighted by molar-refractivity contribution is 6.12. The van der Waals surface area contributed by atoms with E-state index in [1.165, 1.54) is 0 Å². The molecule has 0 saturated heterocycles. The third kappa shape index (κ3) is 4.18. The van der Waals surface area contributed by atoms with Crippen molar-refractivity contribution in [3.8, 4) is 40.0 Å². The van der Waals surface area contributed by atoms with Crippen molar-refractivity contribution in [3.05, 3.63) is 152 Å². The maximum absolute atomic E-state index is 6.48. The first-order valence-corrected chi connectivity index (χ1v) is 16.8. The molecule has 0 aliphatic rings. The molecule has 0 amide bonds. The van der Waals surface area contributed by atoms with Gasteiger partial charge in [-0.15, -0.1) is 0 Å². The molecular weight excluding hydrogens is 631 g/mol. The SMILES string of the molecule is c1ccc(-n2nc(-c3nc(-c4cccc5c4oc4ccccc45)nc(-c4cccc5c4oc4ccccc45)n3)c3ccc4ccccc4c32)cc1. The molecule has 0 fully saturated rings. The zero-order valence-electron chi connectivity index (χ0n) is 27.0. The normalized spacial score (nSPS) is 11.9. The Balaban J connectivity index is 1.24. The van der Waals surface area contributed by atoms with Crippen LogP contribution in [0.2, 0.25) is 0 Å². The summed E-state index contributed by atoms with van der Waals surface area (Å²) in [6, 6.07) is 51.1. The van der Waals surface area contributed by atoms with Crippen LogP contribution in [0.15, 0.2) is 160 Å². The fourth-order valence-corrected chi connectivity index (χ4v) is 7.37. The molecule has 0 spiro atoms. The summed E-state index contributed by atoms with van der Waals surface area (Å²) in [7, 11) is 0. The van der Waals surface area contributed by atoms with E-state index in [1.54, 1.807) is 0 Å². The number of furan rings is 2. The van der Waals surface area contributed by atoms with Crippen molar-refractivity contribution >= 4 is 65.6 Å². The summed E-state index contributed by atoms with van der Waals surface area (Å²) in [6.07, 6.45) is 0.